The van der Waals surface area contributed by atoms with Gasteiger partial charge in [0.15, 0.2) is 0 Å². The standard InChI is InChI=1S/C13H22N4O2.2ClH/c1-16(7-8-17-6-2-5-15-17)13(18)12(14)11-3-9-19-10-4-11;;/h2,5-6,11-12H,3-4,7-10,14H2,1H3;2*1H. The van der Waals surface area contributed by atoms with E-state index in [1.165, 1.54) is 0 Å². The summed E-state index contributed by atoms with van der Waals surface area (Å²) in [6, 6.07) is 1.46. The van der Waals surface area contributed by atoms with E-state index in [0.717, 1.165) is 12.8 Å². The van der Waals surface area contributed by atoms with Gasteiger partial charge in [0.2, 0.25) is 5.91 Å². The summed E-state index contributed by atoms with van der Waals surface area (Å²) >= 11 is 0. The predicted molar refractivity (Wildman–Crippen MR) is 85.9 cm³/mol. The van der Waals surface area contributed by atoms with Crippen molar-refractivity contribution in [2.75, 3.05) is 26.8 Å². The fraction of sp³-hybridized carbons (Fsp3) is 0.692. The van der Waals surface area contributed by atoms with Crippen LogP contribution in [0.25, 0.3) is 0 Å². The lowest BCUT2D eigenvalue weighted by molar-refractivity contribution is -0.133. The lowest BCUT2D eigenvalue weighted by Gasteiger charge is -2.29. The van der Waals surface area contributed by atoms with Crippen LogP contribution in [0.4, 0.5) is 0 Å². The van der Waals surface area contributed by atoms with E-state index in [9.17, 15) is 4.79 Å². The van der Waals surface area contributed by atoms with Crippen LogP contribution in [0.2, 0.25) is 0 Å². The molecule has 1 unspecified atom stereocenters. The minimum Gasteiger partial charge on any atom is -0.381 e. The number of nitrogens with zero attached hydrogens (tertiary/aromatic N) is 3. The number of likely N-dealkylation sites (N-methyl/N-ethyl adjacent to an activating group) is 1. The Labute approximate surface area is 137 Å². The Morgan fingerprint density at radius 1 is 1.48 bits per heavy atom. The average Bonchev–Trinajstić information content (AvgIpc) is 2.97. The first-order valence-corrected chi connectivity index (χ1v) is 6.74. The van der Waals surface area contributed by atoms with Crippen LogP contribution < -0.4 is 5.73 Å². The maximum Gasteiger partial charge on any atom is 0.239 e. The largest absolute Gasteiger partial charge is 0.381 e. The quantitative estimate of drug-likeness (QED) is 0.867. The number of amides is 1. The zero-order valence-electron chi connectivity index (χ0n) is 12.2. The Balaban J connectivity index is 0.00000200. The normalized spacial score (nSPS) is 16.5. The highest BCUT2D eigenvalue weighted by Gasteiger charge is 2.28. The molecule has 1 aliphatic heterocycles. The molecular weight excluding hydrogens is 315 g/mol. The van der Waals surface area contributed by atoms with E-state index < -0.39 is 6.04 Å². The first kappa shape index (κ1) is 20.2. The molecule has 0 aliphatic carbocycles. The fourth-order valence-corrected chi connectivity index (χ4v) is 2.33. The van der Waals surface area contributed by atoms with E-state index in [2.05, 4.69) is 5.10 Å². The smallest absolute Gasteiger partial charge is 0.239 e. The van der Waals surface area contributed by atoms with Crippen LogP contribution >= 0.6 is 24.8 Å². The van der Waals surface area contributed by atoms with Gasteiger partial charge in [0.1, 0.15) is 0 Å². The molecule has 0 radical (unpaired) electrons. The SMILES string of the molecule is CN(CCn1cccn1)C(=O)C(N)C1CCOCC1.Cl.Cl. The molecule has 122 valence electrons. The van der Waals surface area contributed by atoms with Crippen molar-refractivity contribution in [2.24, 2.45) is 11.7 Å². The molecule has 8 heteroatoms. The van der Waals surface area contributed by atoms with E-state index in [0.29, 0.717) is 26.3 Å². The summed E-state index contributed by atoms with van der Waals surface area (Å²) in [6.07, 6.45) is 5.37. The second-order valence-corrected chi connectivity index (χ2v) is 5.00. The molecule has 2 rings (SSSR count). The number of aromatic nitrogens is 2. The van der Waals surface area contributed by atoms with Crippen molar-refractivity contribution >= 4 is 30.7 Å². The van der Waals surface area contributed by atoms with Gasteiger partial charge in [-0.05, 0) is 24.8 Å². The molecule has 21 heavy (non-hydrogen) atoms. The van der Waals surface area contributed by atoms with E-state index in [-0.39, 0.29) is 36.6 Å². The monoisotopic (exact) mass is 338 g/mol. The van der Waals surface area contributed by atoms with Crippen molar-refractivity contribution in [2.45, 2.75) is 25.4 Å². The summed E-state index contributed by atoms with van der Waals surface area (Å²) in [5.74, 6) is 0.257. The van der Waals surface area contributed by atoms with Crippen molar-refractivity contribution in [3.8, 4) is 0 Å². The van der Waals surface area contributed by atoms with E-state index in [4.69, 9.17) is 10.5 Å². The van der Waals surface area contributed by atoms with Crippen molar-refractivity contribution in [1.82, 2.24) is 14.7 Å². The van der Waals surface area contributed by atoms with Crippen LogP contribution in [-0.2, 0) is 16.1 Å². The molecule has 0 bridgehead atoms. The Morgan fingerprint density at radius 3 is 2.71 bits per heavy atom. The molecule has 1 saturated heterocycles. The zero-order valence-corrected chi connectivity index (χ0v) is 13.8. The molecular formula is C13H24Cl2N4O2. The molecule has 6 nitrogen and oxygen atoms in total. The molecule has 1 aliphatic rings. The van der Waals surface area contributed by atoms with Gasteiger partial charge in [-0.1, -0.05) is 0 Å². The van der Waals surface area contributed by atoms with Gasteiger partial charge < -0.3 is 15.4 Å². The van der Waals surface area contributed by atoms with Gasteiger partial charge in [0, 0.05) is 39.2 Å². The van der Waals surface area contributed by atoms with Gasteiger partial charge in [0.05, 0.1) is 12.6 Å². The predicted octanol–water partition coefficient (Wildman–Crippen LogP) is 0.939. The number of ether oxygens (including phenoxy) is 1. The minimum absolute atomic E-state index is 0. The molecule has 1 fully saturated rings. The molecule has 0 spiro atoms. The van der Waals surface area contributed by atoms with Gasteiger partial charge in [0.25, 0.3) is 0 Å². The minimum atomic E-state index is -0.411. The average molecular weight is 339 g/mol. The number of nitrogens with two attached hydrogens (primary N) is 1. The Hall–Kier alpha value is -0.820. The molecule has 1 amide bonds. The number of rotatable bonds is 5. The first-order valence-electron chi connectivity index (χ1n) is 6.74. The fourth-order valence-electron chi connectivity index (χ4n) is 2.33. The van der Waals surface area contributed by atoms with Gasteiger partial charge in [-0.3, -0.25) is 9.48 Å². The van der Waals surface area contributed by atoms with Crippen LogP contribution in [-0.4, -0.2) is 53.4 Å². The summed E-state index contributed by atoms with van der Waals surface area (Å²) < 4.78 is 7.10. The van der Waals surface area contributed by atoms with Crippen LogP contribution in [0.5, 0.6) is 0 Å². The summed E-state index contributed by atoms with van der Waals surface area (Å²) in [6.45, 7) is 2.73. The van der Waals surface area contributed by atoms with Crippen molar-refractivity contribution in [3.05, 3.63) is 18.5 Å². The van der Waals surface area contributed by atoms with E-state index in [1.807, 2.05) is 16.9 Å². The number of halogens is 2. The third-order valence-corrected chi connectivity index (χ3v) is 3.66. The molecule has 1 aromatic heterocycles. The number of carbonyl (C=O) groups is 1. The molecule has 1 aromatic rings. The number of hydrogen-bond donors (Lipinski definition) is 1. The summed E-state index contributed by atoms with van der Waals surface area (Å²) in [5.41, 5.74) is 6.07. The lowest BCUT2D eigenvalue weighted by atomic mass is 9.91. The van der Waals surface area contributed by atoms with Crippen LogP contribution in [0.3, 0.4) is 0 Å². The second kappa shape index (κ2) is 10.00. The highest BCUT2D eigenvalue weighted by Crippen LogP contribution is 2.18. The third kappa shape index (κ3) is 5.82. The zero-order chi connectivity index (χ0) is 13.7. The Bertz CT molecular complexity index is 397. The number of hydrogen-bond acceptors (Lipinski definition) is 4. The van der Waals surface area contributed by atoms with Gasteiger partial charge in [-0.15, -0.1) is 24.8 Å². The number of carbonyl (C=O) groups excluding carboxylic acids is 1. The summed E-state index contributed by atoms with van der Waals surface area (Å²) in [7, 11) is 1.80. The highest BCUT2D eigenvalue weighted by molar-refractivity contribution is 5.85. The van der Waals surface area contributed by atoms with E-state index in [1.54, 1.807) is 18.1 Å². The molecule has 0 aromatic carbocycles. The molecule has 0 saturated carbocycles. The van der Waals surface area contributed by atoms with E-state index >= 15 is 0 Å². The van der Waals surface area contributed by atoms with Gasteiger partial charge in [-0.2, -0.15) is 5.10 Å². The van der Waals surface area contributed by atoms with Crippen molar-refractivity contribution in [1.29, 1.82) is 0 Å². The van der Waals surface area contributed by atoms with Crippen LogP contribution in [0, 0.1) is 5.92 Å². The molecule has 1 atom stereocenters. The van der Waals surface area contributed by atoms with Gasteiger partial charge >= 0.3 is 0 Å². The molecule has 2 N–H and O–H groups in total. The van der Waals surface area contributed by atoms with Crippen LogP contribution in [0.1, 0.15) is 12.8 Å². The Morgan fingerprint density at radius 2 is 2.14 bits per heavy atom. The Kier molecular flexibility index (Phi) is 9.61. The highest BCUT2D eigenvalue weighted by atomic mass is 35.5. The van der Waals surface area contributed by atoms with Crippen molar-refractivity contribution < 1.29 is 9.53 Å². The first-order chi connectivity index (χ1) is 9.18. The topological polar surface area (TPSA) is 73.4 Å². The third-order valence-electron chi connectivity index (χ3n) is 3.66. The lowest BCUT2D eigenvalue weighted by Crippen LogP contribution is -2.48. The maximum atomic E-state index is 12.2. The van der Waals surface area contributed by atoms with Gasteiger partial charge in [-0.25, -0.2) is 0 Å². The molecule has 2 heterocycles. The van der Waals surface area contributed by atoms with Crippen LogP contribution in [0.15, 0.2) is 18.5 Å². The summed E-state index contributed by atoms with van der Waals surface area (Å²) in [5, 5.41) is 4.11. The second-order valence-electron chi connectivity index (χ2n) is 5.00. The maximum absolute atomic E-state index is 12.2. The summed E-state index contributed by atoms with van der Waals surface area (Å²) in [4.78, 5) is 13.9. The van der Waals surface area contributed by atoms with Crippen molar-refractivity contribution in [3.63, 3.8) is 0 Å².